The number of allylic oxidation sites excluding steroid dienone is 1. The van der Waals surface area contributed by atoms with Crippen LogP contribution in [0.15, 0.2) is 12.2 Å². The summed E-state index contributed by atoms with van der Waals surface area (Å²) in [6.45, 7) is 2.29. The highest BCUT2D eigenvalue weighted by Gasteiger charge is 2.49. The molecule has 1 fully saturated rings. The van der Waals surface area contributed by atoms with Crippen molar-refractivity contribution in [3.8, 4) is 0 Å². The van der Waals surface area contributed by atoms with Crippen LogP contribution in [0.25, 0.3) is 0 Å². The molecule has 14 heavy (non-hydrogen) atoms. The number of hydrogen-bond donors (Lipinski definition) is 0. The van der Waals surface area contributed by atoms with E-state index in [4.69, 9.17) is 9.47 Å². The maximum Gasteiger partial charge on any atom is 0.312 e. The molecule has 3 nitrogen and oxygen atoms in total. The van der Waals surface area contributed by atoms with Gasteiger partial charge in [-0.2, -0.15) is 0 Å². The number of rotatable bonds is 3. The molecular weight excluding hydrogens is 180 g/mol. The molecule has 0 N–H and O–H groups in total. The molecule has 0 spiro atoms. The zero-order valence-electron chi connectivity index (χ0n) is 8.60. The van der Waals surface area contributed by atoms with Crippen LogP contribution in [0.1, 0.15) is 13.3 Å². The molecule has 2 bridgehead atoms. The molecule has 2 rings (SSSR count). The fourth-order valence-corrected chi connectivity index (χ4v) is 2.65. The fraction of sp³-hybridized carbons (Fsp3) is 0.727. The number of hydrogen-bond acceptors (Lipinski definition) is 3. The summed E-state index contributed by atoms with van der Waals surface area (Å²) in [5.41, 5.74) is 0. The summed E-state index contributed by atoms with van der Waals surface area (Å²) < 4.78 is 10.4. The van der Waals surface area contributed by atoms with Crippen molar-refractivity contribution in [1.82, 2.24) is 0 Å². The third kappa shape index (κ3) is 1.36. The Morgan fingerprint density at radius 1 is 1.43 bits per heavy atom. The first-order chi connectivity index (χ1) is 6.77. The molecule has 78 valence electrons. The topological polar surface area (TPSA) is 35.5 Å². The highest BCUT2D eigenvalue weighted by atomic mass is 16.5. The zero-order chi connectivity index (χ0) is 10.1. The van der Waals surface area contributed by atoms with Gasteiger partial charge in [-0.1, -0.05) is 12.2 Å². The van der Waals surface area contributed by atoms with Gasteiger partial charge < -0.3 is 9.47 Å². The molecule has 0 aromatic rings. The lowest BCUT2D eigenvalue weighted by molar-refractivity contribution is -0.153. The number of carbonyl (C=O) groups excluding carboxylic acids is 1. The van der Waals surface area contributed by atoms with Crippen LogP contribution < -0.4 is 0 Å². The predicted molar refractivity (Wildman–Crippen MR) is 51.7 cm³/mol. The van der Waals surface area contributed by atoms with E-state index in [9.17, 15) is 4.79 Å². The quantitative estimate of drug-likeness (QED) is 0.505. The molecule has 4 atom stereocenters. The normalized spacial score (nSPS) is 39.0. The van der Waals surface area contributed by atoms with Gasteiger partial charge in [-0.3, -0.25) is 4.79 Å². The highest BCUT2D eigenvalue weighted by Crippen LogP contribution is 2.45. The Labute approximate surface area is 84.1 Å². The van der Waals surface area contributed by atoms with Crippen LogP contribution in [-0.4, -0.2) is 25.8 Å². The first-order valence-corrected chi connectivity index (χ1v) is 5.15. The monoisotopic (exact) mass is 196 g/mol. The lowest BCUT2D eigenvalue weighted by atomic mass is 9.91. The Morgan fingerprint density at radius 2 is 2.14 bits per heavy atom. The van der Waals surface area contributed by atoms with E-state index < -0.39 is 0 Å². The number of ether oxygens (including phenoxy) is 2. The van der Waals surface area contributed by atoms with E-state index in [0.717, 1.165) is 6.42 Å². The number of methoxy groups -OCH3 is 1. The van der Waals surface area contributed by atoms with Crippen molar-refractivity contribution in [1.29, 1.82) is 0 Å². The minimum Gasteiger partial charge on any atom is -0.466 e. The van der Waals surface area contributed by atoms with Gasteiger partial charge in [0.25, 0.3) is 0 Å². The molecule has 1 saturated carbocycles. The van der Waals surface area contributed by atoms with E-state index in [1.54, 1.807) is 7.11 Å². The second-order valence-corrected chi connectivity index (χ2v) is 3.93. The average Bonchev–Trinajstić information content (AvgIpc) is 2.76. The minimum atomic E-state index is -0.101. The van der Waals surface area contributed by atoms with E-state index >= 15 is 0 Å². The van der Waals surface area contributed by atoms with Crippen LogP contribution in [-0.2, 0) is 14.3 Å². The van der Waals surface area contributed by atoms with Crippen LogP contribution in [0.5, 0.6) is 0 Å². The average molecular weight is 196 g/mol. The first kappa shape index (κ1) is 9.71. The van der Waals surface area contributed by atoms with Crippen LogP contribution in [0.3, 0.4) is 0 Å². The number of carbonyl (C=O) groups is 1. The van der Waals surface area contributed by atoms with Crippen molar-refractivity contribution < 1.29 is 14.3 Å². The predicted octanol–water partition coefficient (Wildman–Crippen LogP) is 1.39. The van der Waals surface area contributed by atoms with Gasteiger partial charge in [0.15, 0.2) is 0 Å². The summed E-state index contributed by atoms with van der Waals surface area (Å²) in [6, 6.07) is 0. The highest BCUT2D eigenvalue weighted by molar-refractivity contribution is 5.75. The van der Waals surface area contributed by atoms with Crippen LogP contribution >= 0.6 is 0 Å². The molecule has 0 radical (unpaired) electrons. The molecule has 0 saturated heterocycles. The maximum atomic E-state index is 11.7. The number of esters is 1. The van der Waals surface area contributed by atoms with Gasteiger partial charge >= 0.3 is 5.97 Å². The van der Waals surface area contributed by atoms with E-state index in [1.807, 2.05) is 6.92 Å². The summed E-state index contributed by atoms with van der Waals surface area (Å²) in [5, 5.41) is 0. The molecule has 0 aromatic carbocycles. The fourth-order valence-electron chi connectivity index (χ4n) is 2.65. The van der Waals surface area contributed by atoms with E-state index in [0.29, 0.717) is 18.4 Å². The Morgan fingerprint density at radius 3 is 2.79 bits per heavy atom. The van der Waals surface area contributed by atoms with Crippen molar-refractivity contribution in [2.75, 3.05) is 13.7 Å². The van der Waals surface area contributed by atoms with Gasteiger partial charge in [0.1, 0.15) is 0 Å². The first-order valence-electron chi connectivity index (χ1n) is 5.15. The van der Waals surface area contributed by atoms with Gasteiger partial charge in [0.2, 0.25) is 0 Å². The summed E-state index contributed by atoms with van der Waals surface area (Å²) in [4.78, 5) is 11.7. The molecule has 0 amide bonds. The third-order valence-electron chi connectivity index (χ3n) is 3.22. The Balaban J connectivity index is 2.10. The van der Waals surface area contributed by atoms with E-state index in [2.05, 4.69) is 12.2 Å². The smallest absolute Gasteiger partial charge is 0.312 e. The molecule has 0 aromatic heterocycles. The summed E-state index contributed by atoms with van der Waals surface area (Å²) in [5.74, 6) is 0.578. The van der Waals surface area contributed by atoms with Gasteiger partial charge in [0, 0.05) is 13.0 Å². The molecule has 4 unspecified atom stereocenters. The second kappa shape index (κ2) is 3.73. The maximum absolute atomic E-state index is 11.7. The minimum absolute atomic E-state index is 0.0315. The molecule has 2 aliphatic carbocycles. The van der Waals surface area contributed by atoms with Crippen LogP contribution in [0.2, 0.25) is 0 Å². The van der Waals surface area contributed by atoms with Gasteiger partial charge in [0.05, 0.1) is 18.6 Å². The van der Waals surface area contributed by atoms with Crippen molar-refractivity contribution >= 4 is 5.97 Å². The van der Waals surface area contributed by atoms with Crippen molar-refractivity contribution in [3.05, 3.63) is 12.2 Å². The number of fused-ring (bicyclic) bond motifs is 2. The Hall–Kier alpha value is -0.830. The van der Waals surface area contributed by atoms with Gasteiger partial charge in [-0.05, 0) is 19.3 Å². The summed E-state index contributed by atoms with van der Waals surface area (Å²) in [6.07, 6.45) is 5.36. The lowest BCUT2D eigenvalue weighted by Crippen LogP contribution is -2.34. The van der Waals surface area contributed by atoms with E-state index in [-0.39, 0.29) is 18.0 Å². The SMILES string of the molecule is CCOC(=O)C1C2C=CC(C2)C1OC. The zero-order valence-corrected chi connectivity index (χ0v) is 8.60. The molecule has 2 aliphatic rings. The molecular formula is C11H16O3. The Bertz CT molecular complexity index is 259. The molecule has 0 aliphatic heterocycles. The largest absolute Gasteiger partial charge is 0.466 e. The Kier molecular flexibility index (Phi) is 2.59. The summed E-state index contributed by atoms with van der Waals surface area (Å²) in [7, 11) is 1.67. The van der Waals surface area contributed by atoms with Gasteiger partial charge in [-0.15, -0.1) is 0 Å². The van der Waals surface area contributed by atoms with Gasteiger partial charge in [-0.25, -0.2) is 0 Å². The summed E-state index contributed by atoms with van der Waals surface area (Å²) >= 11 is 0. The van der Waals surface area contributed by atoms with Crippen LogP contribution in [0, 0.1) is 17.8 Å². The van der Waals surface area contributed by atoms with Crippen LogP contribution in [0.4, 0.5) is 0 Å². The molecule has 0 heterocycles. The standard InChI is InChI=1S/C11H16O3/c1-3-14-11(12)9-7-4-5-8(6-7)10(9)13-2/h4-5,7-10H,3,6H2,1-2H3. The lowest BCUT2D eigenvalue weighted by Gasteiger charge is -2.24. The third-order valence-corrected chi connectivity index (χ3v) is 3.22. The van der Waals surface area contributed by atoms with Crippen molar-refractivity contribution in [2.45, 2.75) is 19.4 Å². The van der Waals surface area contributed by atoms with Crippen molar-refractivity contribution in [3.63, 3.8) is 0 Å². The van der Waals surface area contributed by atoms with Crippen molar-refractivity contribution in [2.24, 2.45) is 17.8 Å². The second-order valence-electron chi connectivity index (χ2n) is 3.93. The molecule has 3 heteroatoms. The van der Waals surface area contributed by atoms with E-state index in [1.165, 1.54) is 0 Å².